The second-order valence-corrected chi connectivity index (χ2v) is 8.21. The van der Waals surface area contributed by atoms with Crippen molar-refractivity contribution in [1.82, 2.24) is 24.8 Å². The number of imidazole rings is 1. The lowest BCUT2D eigenvalue weighted by Gasteiger charge is -2.26. The van der Waals surface area contributed by atoms with Gasteiger partial charge in [0.05, 0.1) is 21.1 Å². The summed E-state index contributed by atoms with van der Waals surface area (Å²) < 4.78 is 0. The molecule has 154 valence electrons. The Kier molecular flexibility index (Phi) is 6.37. The van der Waals surface area contributed by atoms with Crippen LogP contribution in [0.4, 0.5) is 17.7 Å². The molecule has 4 rings (SSSR count). The van der Waals surface area contributed by atoms with Crippen molar-refractivity contribution < 1.29 is 0 Å². The average Bonchev–Trinajstić information content (AvgIpc) is 3.07. The Hall–Kier alpha value is -2.09. The second-order valence-electron chi connectivity index (χ2n) is 7.39. The molecular weight excluding hydrogens is 409 g/mol. The van der Waals surface area contributed by atoms with Crippen LogP contribution in [0.3, 0.4) is 0 Å². The molecule has 1 aliphatic heterocycles. The Morgan fingerprint density at radius 2 is 1.83 bits per heavy atom. The summed E-state index contributed by atoms with van der Waals surface area (Å²) in [5, 5.41) is 7.50. The number of piperidine rings is 1. The Balaban J connectivity index is 1.37. The van der Waals surface area contributed by atoms with Crippen LogP contribution in [0.25, 0.3) is 11.0 Å². The Morgan fingerprint density at radius 1 is 1.03 bits per heavy atom. The van der Waals surface area contributed by atoms with E-state index in [0.29, 0.717) is 21.9 Å². The van der Waals surface area contributed by atoms with E-state index in [0.717, 1.165) is 42.1 Å². The Morgan fingerprint density at radius 3 is 2.66 bits per heavy atom. The molecule has 9 heteroatoms. The van der Waals surface area contributed by atoms with Crippen molar-refractivity contribution >= 4 is 51.9 Å². The van der Waals surface area contributed by atoms with Crippen LogP contribution in [0.5, 0.6) is 0 Å². The number of nitrogens with zero attached hydrogens (tertiary/aromatic N) is 4. The molecule has 7 nitrogen and oxygen atoms in total. The van der Waals surface area contributed by atoms with Crippen LogP contribution >= 0.6 is 23.2 Å². The smallest absolute Gasteiger partial charge is 0.231 e. The number of halogens is 2. The molecule has 0 amide bonds. The number of hydrogen-bond acceptors (Lipinski definition) is 6. The van der Waals surface area contributed by atoms with Crippen LogP contribution in [0.2, 0.25) is 10.0 Å². The van der Waals surface area contributed by atoms with Crippen LogP contribution in [-0.4, -0.2) is 51.0 Å². The van der Waals surface area contributed by atoms with Crippen molar-refractivity contribution in [2.45, 2.75) is 32.6 Å². The highest BCUT2D eigenvalue weighted by Gasteiger charge is 2.10. The molecule has 3 heterocycles. The number of benzene rings is 1. The molecular formula is C20H25Cl2N7. The van der Waals surface area contributed by atoms with Crippen LogP contribution in [-0.2, 0) is 0 Å². The fraction of sp³-hybridized carbons (Fsp3) is 0.450. The van der Waals surface area contributed by atoms with Gasteiger partial charge in [0.25, 0.3) is 0 Å². The van der Waals surface area contributed by atoms with E-state index in [2.05, 4.69) is 35.5 Å². The molecule has 3 N–H and O–H groups in total. The van der Waals surface area contributed by atoms with Gasteiger partial charge in [-0.25, -0.2) is 9.97 Å². The predicted octanol–water partition coefficient (Wildman–Crippen LogP) is 5.00. The Labute approximate surface area is 180 Å². The molecule has 0 saturated carbocycles. The molecule has 0 spiro atoms. The number of hydrogen-bond donors (Lipinski definition) is 3. The zero-order chi connectivity index (χ0) is 20.2. The fourth-order valence-electron chi connectivity index (χ4n) is 3.59. The molecule has 0 aliphatic carbocycles. The Bertz CT molecular complexity index is 943. The number of anilines is 3. The van der Waals surface area contributed by atoms with Gasteiger partial charge in [0, 0.05) is 18.3 Å². The molecule has 1 aliphatic rings. The minimum Gasteiger partial charge on any atom is -0.370 e. The standard InChI is InChI=1S/C20H25Cl2N7/c1-13-10-18(23-6-5-9-29-7-3-2-4-8-29)27-19(24-13)28-20-25-16-11-14(21)15(22)12-17(16)26-20/h10-12H,2-9H2,1H3,(H3,23,24,25,26,27,28). The normalized spacial score (nSPS) is 15.0. The summed E-state index contributed by atoms with van der Waals surface area (Å²) in [5.41, 5.74) is 2.40. The molecule has 0 atom stereocenters. The van der Waals surface area contributed by atoms with E-state index in [4.69, 9.17) is 23.2 Å². The van der Waals surface area contributed by atoms with Gasteiger partial charge in [0.15, 0.2) is 0 Å². The number of nitrogens with one attached hydrogen (secondary N) is 3. The third-order valence-corrected chi connectivity index (χ3v) is 5.74. The van der Waals surface area contributed by atoms with Gasteiger partial charge in [-0.15, -0.1) is 0 Å². The summed E-state index contributed by atoms with van der Waals surface area (Å²) in [4.78, 5) is 19.2. The number of aromatic nitrogens is 4. The van der Waals surface area contributed by atoms with E-state index < -0.39 is 0 Å². The SMILES string of the molecule is Cc1cc(NCCCN2CCCCC2)nc(Nc2nc3cc(Cl)c(Cl)cc3[nH]2)n1. The highest BCUT2D eigenvalue weighted by Crippen LogP contribution is 2.28. The first-order valence-corrected chi connectivity index (χ1v) is 10.8. The predicted molar refractivity (Wildman–Crippen MR) is 120 cm³/mol. The number of rotatable bonds is 7. The molecule has 1 fully saturated rings. The van der Waals surface area contributed by atoms with Crippen molar-refractivity contribution in [2.75, 3.05) is 36.8 Å². The molecule has 0 radical (unpaired) electrons. The van der Waals surface area contributed by atoms with Gasteiger partial charge in [-0.3, -0.25) is 5.32 Å². The van der Waals surface area contributed by atoms with Crippen molar-refractivity contribution in [3.8, 4) is 0 Å². The van der Waals surface area contributed by atoms with Gasteiger partial charge in [0.1, 0.15) is 5.82 Å². The molecule has 1 aromatic carbocycles. The lowest BCUT2D eigenvalue weighted by atomic mass is 10.1. The first-order valence-electron chi connectivity index (χ1n) is 10.0. The van der Waals surface area contributed by atoms with E-state index >= 15 is 0 Å². The maximum Gasteiger partial charge on any atom is 0.231 e. The highest BCUT2D eigenvalue weighted by molar-refractivity contribution is 6.42. The van der Waals surface area contributed by atoms with Crippen molar-refractivity contribution in [3.63, 3.8) is 0 Å². The number of aromatic amines is 1. The van der Waals surface area contributed by atoms with Crippen molar-refractivity contribution in [1.29, 1.82) is 0 Å². The second kappa shape index (κ2) is 9.15. The fourth-order valence-corrected chi connectivity index (χ4v) is 3.91. The molecule has 0 bridgehead atoms. The van der Waals surface area contributed by atoms with Crippen molar-refractivity contribution in [3.05, 3.63) is 33.9 Å². The van der Waals surface area contributed by atoms with Crippen LogP contribution in [0.1, 0.15) is 31.4 Å². The maximum atomic E-state index is 6.07. The largest absolute Gasteiger partial charge is 0.370 e. The van der Waals surface area contributed by atoms with Crippen LogP contribution in [0.15, 0.2) is 18.2 Å². The zero-order valence-corrected chi connectivity index (χ0v) is 17.9. The van der Waals surface area contributed by atoms with Gasteiger partial charge in [-0.05, 0) is 58.0 Å². The summed E-state index contributed by atoms with van der Waals surface area (Å²) in [6.07, 6.45) is 5.12. The maximum absolute atomic E-state index is 6.07. The topological polar surface area (TPSA) is 81.8 Å². The monoisotopic (exact) mass is 433 g/mol. The van der Waals surface area contributed by atoms with E-state index in [1.165, 1.54) is 32.4 Å². The lowest BCUT2D eigenvalue weighted by molar-refractivity contribution is 0.228. The zero-order valence-electron chi connectivity index (χ0n) is 16.4. The third-order valence-electron chi connectivity index (χ3n) is 5.01. The number of H-pyrrole nitrogens is 1. The van der Waals surface area contributed by atoms with Gasteiger partial charge < -0.3 is 15.2 Å². The summed E-state index contributed by atoms with van der Waals surface area (Å²) in [7, 11) is 0. The third kappa shape index (κ3) is 5.29. The molecule has 1 saturated heterocycles. The minimum absolute atomic E-state index is 0.472. The molecule has 3 aromatic rings. The van der Waals surface area contributed by atoms with Gasteiger partial charge in [-0.2, -0.15) is 4.98 Å². The minimum atomic E-state index is 0.472. The summed E-state index contributed by atoms with van der Waals surface area (Å²) in [6, 6.07) is 5.43. The lowest BCUT2D eigenvalue weighted by Crippen LogP contribution is -2.31. The quantitative estimate of drug-likeness (QED) is 0.454. The number of aryl methyl sites for hydroxylation is 1. The number of likely N-dealkylation sites (tertiary alicyclic amines) is 1. The molecule has 0 unspecified atom stereocenters. The van der Waals surface area contributed by atoms with E-state index in [-0.39, 0.29) is 0 Å². The number of fused-ring (bicyclic) bond motifs is 1. The summed E-state index contributed by atoms with van der Waals surface area (Å²) in [6.45, 7) is 6.42. The van der Waals surface area contributed by atoms with Gasteiger partial charge in [0.2, 0.25) is 11.9 Å². The van der Waals surface area contributed by atoms with E-state index in [1.54, 1.807) is 12.1 Å². The van der Waals surface area contributed by atoms with Crippen molar-refractivity contribution in [2.24, 2.45) is 0 Å². The highest BCUT2D eigenvalue weighted by atomic mass is 35.5. The molecule has 29 heavy (non-hydrogen) atoms. The van der Waals surface area contributed by atoms with E-state index in [1.807, 2.05) is 13.0 Å². The molecule has 2 aromatic heterocycles. The first-order chi connectivity index (χ1) is 14.1. The van der Waals surface area contributed by atoms with Crippen LogP contribution < -0.4 is 10.6 Å². The van der Waals surface area contributed by atoms with Gasteiger partial charge >= 0.3 is 0 Å². The first kappa shape index (κ1) is 20.2. The summed E-state index contributed by atoms with van der Waals surface area (Å²) >= 11 is 12.1. The van der Waals surface area contributed by atoms with Gasteiger partial charge in [-0.1, -0.05) is 29.6 Å². The van der Waals surface area contributed by atoms with Crippen LogP contribution in [0, 0.1) is 6.92 Å². The average molecular weight is 434 g/mol. The van der Waals surface area contributed by atoms with E-state index in [9.17, 15) is 0 Å². The summed E-state index contributed by atoms with van der Waals surface area (Å²) in [5.74, 6) is 1.83.